The third-order valence-corrected chi connectivity index (χ3v) is 6.70. The Balaban J connectivity index is 1.43. The van der Waals surface area contributed by atoms with Gasteiger partial charge in [0.15, 0.2) is 11.5 Å². The van der Waals surface area contributed by atoms with E-state index in [1.807, 2.05) is 36.4 Å². The highest BCUT2D eigenvalue weighted by Crippen LogP contribution is 2.41. The van der Waals surface area contributed by atoms with Crippen molar-refractivity contribution in [3.05, 3.63) is 137 Å². The summed E-state index contributed by atoms with van der Waals surface area (Å²) in [6, 6.07) is 27.4. The molecule has 0 fully saturated rings. The lowest BCUT2D eigenvalue weighted by Crippen LogP contribution is -2.31. The van der Waals surface area contributed by atoms with Gasteiger partial charge in [0, 0.05) is 16.6 Å². The zero-order valence-corrected chi connectivity index (χ0v) is 21.2. The molecule has 3 heterocycles. The third-order valence-electron chi connectivity index (χ3n) is 6.46. The van der Waals surface area contributed by atoms with Gasteiger partial charge in [-0.25, -0.2) is 0 Å². The number of halogens is 1. The zero-order valence-electron chi connectivity index (χ0n) is 20.5. The number of hydrogen-bond acceptors (Lipinski definition) is 6. The first-order valence-corrected chi connectivity index (χ1v) is 12.6. The van der Waals surface area contributed by atoms with Gasteiger partial charge in [0.05, 0.1) is 23.9 Å². The molecule has 8 heteroatoms. The van der Waals surface area contributed by atoms with Gasteiger partial charge in [0.25, 0.3) is 5.91 Å². The fourth-order valence-electron chi connectivity index (χ4n) is 4.69. The average Bonchev–Trinajstić information content (AvgIpc) is 3.48. The van der Waals surface area contributed by atoms with Gasteiger partial charge in [-0.05, 0) is 66.2 Å². The van der Waals surface area contributed by atoms with Crippen molar-refractivity contribution in [1.82, 2.24) is 9.88 Å². The number of carbonyl (C=O) groups is 2. The van der Waals surface area contributed by atoms with Crippen LogP contribution in [0.25, 0.3) is 11.0 Å². The maximum absolute atomic E-state index is 13.8. The highest BCUT2D eigenvalue weighted by molar-refractivity contribution is 6.31. The van der Waals surface area contributed by atoms with Gasteiger partial charge in [-0.15, -0.1) is 0 Å². The highest BCUT2D eigenvalue weighted by Gasteiger charge is 2.44. The van der Waals surface area contributed by atoms with Gasteiger partial charge >= 0.3 is 0 Å². The molecule has 1 atom stereocenters. The van der Waals surface area contributed by atoms with Crippen molar-refractivity contribution in [2.45, 2.75) is 12.6 Å². The number of aromatic nitrogens is 1. The molecule has 0 bridgehead atoms. The topological polar surface area (TPSA) is 92.9 Å². The fourth-order valence-corrected chi connectivity index (χ4v) is 4.87. The molecule has 0 radical (unpaired) electrons. The van der Waals surface area contributed by atoms with E-state index in [1.54, 1.807) is 66.9 Å². The van der Waals surface area contributed by atoms with Crippen LogP contribution in [-0.4, -0.2) is 26.7 Å². The Morgan fingerprint density at radius 2 is 1.74 bits per heavy atom. The molecule has 192 valence electrons. The maximum atomic E-state index is 13.8. The number of para-hydroxylation sites is 1. The second-order valence-corrected chi connectivity index (χ2v) is 9.46. The number of aliphatic hydroxyl groups is 1. The summed E-state index contributed by atoms with van der Waals surface area (Å²) in [6.45, 7) is 0.0741. The number of rotatable bonds is 7. The molecule has 1 N–H and O–H groups in total. The zero-order chi connectivity index (χ0) is 26.9. The molecular weight excluding hydrogens is 516 g/mol. The minimum absolute atomic E-state index is 0.0111. The Hall–Kier alpha value is -4.88. The Morgan fingerprint density at radius 1 is 0.949 bits per heavy atom. The second-order valence-electron chi connectivity index (χ2n) is 9.03. The molecule has 0 saturated heterocycles. The summed E-state index contributed by atoms with van der Waals surface area (Å²) in [7, 11) is 0. The lowest BCUT2D eigenvalue weighted by molar-refractivity contribution is -0.130. The number of aliphatic hydroxyl groups excluding tert-OH is 1. The van der Waals surface area contributed by atoms with Crippen molar-refractivity contribution < 1.29 is 23.8 Å². The van der Waals surface area contributed by atoms with Crippen molar-refractivity contribution in [3.63, 3.8) is 0 Å². The molecule has 5 aromatic rings. The van der Waals surface area contributed by atoms with E-state index in [9.17, 15) is 14.7 Å². The molecule has 1 amide bonds. The molecule has 6 rings (SSSR count). The fraction of sp³-hybridized carbons (Fsp3) is 0.0645. The summed E-state index contributed by atoms with van der Waals surface area (Å²) in [5, 5.41) is 12.2. The van der Waals surface area contributed by atoms with Gasteiger partial charge in [0.2, 0.25) is 5.78 Å². The number of furan rings is 1. The predicted octanol–water partition coefficient (Wildman–Crippen LogP) is 7.05. The SMILES string of the molecule is O=C(C1=C(O)C(=O)N(Cc2ccccn2)C1c1cccc(Oc2ccccc2)c1)c1cc2cc(Cl)ccc2o1. The molecule has 2 aromatic heterocycles. The number of nitrogens with zero attached hydrogens (tertiary/aromatic N) is 2. The van der Waals surface area contributed by atoms with Crippen LogP contribution in [0.15, 0.2) is 119 Å². The first-order chi connectivity index (χ1) is 19.0. The predicted molar refractivity (Wildman–Crippen MR) is 146 cm³/mol. The number of Topliss-reactive ketones (excluding diaryl/α,β-unsaturated/α-hetero) is 1. The standard InChI is InChI=1S/C31H21ClN2O5/c32-21-12-13-25-20(15-21)17-26(39-25)29(35)27-28(34(31(37)30(27)36)18-22-8-4-5-14-33-22)19-7-6-11-24(16-19)38-23-9-2-1-3-10-23/h1-17,28,36H,18H2. The number of fused-ring (bicyclic) bond motifs is 1. The largest absolute Gasteiger partial charge is 0.503 e. The van der Waals surface area contributed by atoms with Crippen LogP contribution in [0.1, 0.15) is 27.9 Å². The van der Waals surface area contributed by atoms with Gasteiger partial charge in [-0.3, -0.25) is 14.6 Å². The molecule has 1 aliphatic rings. The third kappa shape index (κ3) is 4.76. The Bertz CT molecular complexity index is 1730. The quantitative estimate of drug-likeness (QED) is 0.224. The maximum Gasteiger partial charge on any atom is 0.290 e. The number of hydrogen-bond donors (Lipinski definition) is 1. The van der Waals surface area contributed by atoms with Crippen molar-refractivity contribution in [1.29, 1.82) is 0 Å². The smallest absolute Gasteiger partial charge is 0.290 e. The number of carbonyl (C=O) groups excluding carboxylic acids is 2. The van der Waals surface area contributed by atoms with Crippen LogP contribution >= 0.6 is 11.6 Å². The van der Waals surface area contributed by atoms with Crippen molar-refractivity contribution in [3.8, 4) is 11.5 Å². The van der Waals surface area contributed by atoms with Crippen LogP contribution in [-0.2, 0) is 11.3 Å². The van der Waals surface area contributed by atoms with Gasteiger partial charge in [0.1, 0.15) is 17.1 Å². The van der Waals surface area contributed by atoms with E-state index >= 15 is 0 Å². The molecular formula is C31H21ClN2O5. The number of ether oxygens (including phenoxy) is 1. The number of amides is 1. The average molecular weight is 537 g/mol. The summed E-state index contributed by atoms with van der Waals surface area (Å²) >= 11 is 6.10. The molecule has 0 saturated carbocycles. The van der Waals surface area contributed by atoms with Gasteiger partial charge < -0.3 is 19.2 Å². The van der Waals surface area contributed by atoms with E-state index in [0.29, 0.717) is 38.7 Å². The number of pyridine rings is 1. The molecule has 1 aliphatic heterocycles. The molecule has 1 unspecified atom stereocenters. The van der Waals surface area contributed by atoms with E-state index in [1.165, 1.54) is 4.90 Å². The monoisotopic (exact) mass is 536 g/mol. The van der Waals surface area contributed by atoms with Crippen LogP contribution in [0.3, 0.4) is 0 Å². The summed E-state index contributed by atoms with van der Waals surface area (Å²) in [5.41, 5.74) is 1.57. The Kier molecular flexibility index (Phi) is 6.34. The lowest BCUT2D eigenvalue weighted by atomic mass is 9.94. The summed E-state index contributed by atoms with van der Waals surface area (Å²) in [5.74, 6) is -0.769. The van der Waals surface area contributed by atoms with E-state index < -0.39 is 23.5 Å². The molecule has 0 aliphatic carbocycles. The van der Waals surface area contributed by atoms with E-state index in [2.05, 4.69) is 4.98 Å². The summed E-state index contributed by atoms with van der Waals surface area (Å²) < 4.78 is 11.8. The van der Waals surface area contributed by atoms with E-state index in [4.69, 9.17) is 20.8 Å². The van der Waals surface area contributed by atoms with Crippen LogP contribution in [0.5, 0.6) is 11.5 Å². The molecule has 3 aromatic carbocycles. The van der Waals surface area contributed by atoms with Crippen LogP contribution in [0, 0.1) is 0 Å². The van der Waals surface area contributed by atoms with Crippen LogP contribution in [0.4, 0.5) is 0 Å². The second kappa shape index (κ2) is 10.1. The van der Waals surface area contributed by atoms with Crippen molar-refractivity contribution in [2.75, 3.05) is 0 Å². The number of benzene rings is 3. The van der Waals surface area contributed by atoms with Crippen molar-refractivity contribution in [2.24, 2.45) is 0 Å². The molecule has 7 nitrogen and oxygen atoms in total. The van der Waals surface area contributed by atoms with Crippen LogP contribution < -0.4 is 4.74 Å². The van der Waals surface area contributed by atoms with Crippen LogP contribution in [0.2, 0.25) is 5.02 Å². The van der Waals surface area contributed by atoms with E-state index in [-0.39, 0.29) is 17.9 Å². The minimum atomic E-state index is -0.914. The molecule has 0 spiro atoms. The lowest BCUT2D eigenvalue weighted by Gasteiger charge is -2.26. The normalized spacial score (nSPS) is 15.3. The minimum Gasteiger partial charge on any atom is -0.503 e. The first-order valence-electron chi connectivity index (χ1n) is 12.2. The van der Waals surface area contributed by atoms with Gasteiger partial charge in [-0.2, -0.15) is 0 Å². The summed E-state index contributed by atoms with van der Waals surface area (Å²) in [6.07, 6.45) is 1.62. The van der Waals surface area contributed by atoms with Gasteiger partial charge in [-0.1, -0.05) is 48.0 Å². The Morgan fingerprint density at radius 3 is 2.54 bits per heavy atom. The molecule has 39 heavy (non-hydrogen) atoms. The van der Waals surface area contributed by atoms with E-state index in [0.717, 1.165) is 0 Å². The van der Waals surface area contributed by atoms with Crippen molar-refractivity contribution >= 4 is 34.3 Å². The highest BCUT2D eigenvalue weighted by atomic mass is 35.5. The summed E-state index contributed by atoms with van der Waals surface area (Å²) in [4.78, 5) is 33.0. The first kappa shape index (κ1) is 24.5. The Labute approximate surface area is 228 Å². The number of ketones is 1.